The molecule has 0 aliphatic heterocycles. The van der Waals surface area contributed by atoms with Gasteiger partial charge in [0.1, 0.15) is 11.6 Å². The zero-order chi connectivity index (χ0) is 12.0. The van der Waals surface area contributed by atoms with E-state index in [0.29, 0.717) is 18.2 Å². The van der Waals surface area contributed by atoms with Crippen molar-refractivity contribution in [3.8, 4) is 5.75 Å². The lowest BCUT2D eigenvalue weighted by atomic mass is 10.2. The van der Waals surface area contributed by atoms with Gasteiger partial charge in [0.25, 0.3) is 5.91 Å². The van der Waals surface area contributed by atoms with Gasteiger partial charge in [-0.15, -0.1) is 0 Å². The summed E-state index contributed by atoms with van der Waals surface area (Å²) < 4.78 is 17.7. The maximum atomic E-state index is 12.6. The quantitative estimate of drug-likeness (QED) is 0.832. The smallest absolute Gasteiger partial charge is 0.257 e. The number of rotatable bonds is 5. The number of carbonyl (C=O) groups is 1. The molecule has 0 fully saturated rings. The number of hydrogen-bond acceptors (Lipinski definition) is 2. The van der Waals surface area contributed by atoms with E-state index in [1.165, 1.54) is 24.3 Å². The van der Waals surface area contributed by atoms with E-state index in [4.69, 9.17) is 4.74 Å². The number of hydrogen-bond donors (Lipinski definition) is 1. The summed E-state index contributed by atoms with van der Waals surface area (Å²) in [7, 11) is 0. The largest absolute Gasteiger partial charge is 0.484 e. The fourth-order valence-corrected chi connectivity index (χ4v) is 1.05. The Bertz CT molecular complexity index is 335. The van der Waals surface area contributed by atoms with Crippen LogP contribution in [0.3, 0.4) is 0 Å². The maximum Gasteiger partial charge on any atom is 0.257 e. The molecule has 0 saturated heterocycles. The van der Waals surface area contributed by atoms with Crippen molar-refractivity contribution < 1.29 is 13.9 Å². The minimum Gasteiger partial charge on any atom is -0.484 e. The summed E-state index contributed by atoms with van der Waals surface area (Å²) >= 11 is 0. The van der Waals surface area contributed by atoms with E-state index in [2.05, 4.69) is 5.32 Å². The van der Waals surface area contributed by atoms with E-state index in [0.717, 1.165) is 0 Å². The molecular formula is C12H16FNO2. The first kappa shape index (κ1) is 12.5. The van der Waals surface area contributed by atoms with Gasteiger partial charge in [-0.3, -0.25) is 4.79 Å². The summed E-state index contributed by atoms with van der Waals surface area (Å²) in [6, 6.07) is 5.57. The Morgan fingerprint density at radius 2 is 2.00 bits per heavy atom. The predicted octanol–water partition coefficient (Wildman–Crippen LogP) is 1.98. The second-order valence-electron chi connectivity index (χ2n) is 3.94. The van der Waals surface area contributed by atoms with Crippen LogP contribution in [0.15, 0.2) is 24.3 Å². The highest BCUT2D eigenvalue weighted by atomic mass is 19.1. The third kappa shape index (κ3) is 4.77. The summed E-state index contributed by atoms with van der Waals surface area (Å²) in [5.41, 5.74) is 0. The molecule has 0 heterocycles. The maximum absolute atomic E-state index is 12.6. The fourth-order valence-electron chi connectivity index (χ4n) is 1.05. The molecule has 0 saturated carbocycles. The SMILES string of the molecule is CC(C)CNC(=O)COc1ccc(F)cc1. The second kappa shape index (κ2) is 6.10. The van der Waals surface area contributed by atoms with Crippen molar-refractivity contribution >= 4 is 5.91 Å². The van der Waals surface area contributed by atoms with Crippen molar-refractivity contribution in [1.29, 1.82) is 0 Å². The van der Waals surface area contributed by atoms with Gasteiger partial charge in [0.15, 0.2) is 6.61 Å². The lowest BCUT2D eigenvalue weighted by molar-refractivity contribution is -0.123. The first-order chi connectivity index (χ1) is 7.58. The molecule has 0 unspecified atom stereocenters. The van der Waals surface area contributed by atoms with E-state index in [9.17, 15) is 9.18 Å². The van der Waals surface area contributed by atoms with Crippen LogP contribution in [0.5, 0.6) is 5.75 Å². The van der Waals surface area contributed by atoms with E-state index >= 15 is 0 Å². The monoisotopic (exact) mass is 225 g/mol. The number of halogens is 1. The number of amides is 1. The van der Waals surface area contributed by atoms with Gasteiger partial charge in [-0.25, -0.2) is 4.39 Å². The highest BCUT2D eigenvalue weighted by molar-refractivity contribution is 5.77. The fraction of sp³-hybridized carbons (Fsp3) is 0.417. The van der Waals surface area contributed by atoms with E-state index in [-0.39, 0.29) is 18.3 Å². The molecule has 4 heteroatoms. The van der Waals surface area contributed by atoms with Crippen molar-refractivity contribution in [3.63, 3.8) is 0 Å². The van der Waals surface area contributed by atoms with Crippen molar-refractivity contribution in [2.75, 3.05) is 13.2 Å². The molecule has 1 N–H and O–H groups in total. The lowest BCUT2D eigenvalue weighted by Gasteiger charge is -2.08. The average Bonchev–Trinajstić information content (AvgIpc) is 2.25. The zero-order valence-corrected chi connectivity index (χ0v) is 9.50. The van der Waals surface area contributed by atoms with Crippen LogP contribution < -0.4 is 10.1 Å². The number of benzene rings is 1. The number of ether oxygens (including phenoxy) is 1. The summed E-state index contributed by atoms with van der Waals surface area (Å²) in [4.78, 5) is 11.3. The molecule has 3 nitrogen and oxygen atoms in total. The van der Waals surface area contributed by atoms with Crippen LogP contribution in [0.25, 0.3) is 0 Å². The molecule has 0 aromatic heterocycles. The van der Waals surface area contributed by atoms with Crippen LogP contribution in [0.2, 0.25) is 0 Å². The van der Waals surface area contributed by atoms with Crippen molar-refractivity contribution in [2.24, 2.45) is 5.92 Å². The second-order valence-corrected chi connectivity index (χ2v) is 3.94. The van der Waals surface area contributed by atoms with Gasteiger partial charge >= 0.3 is 0 Å². The van der Waals surface area contributed by atoms with Crippen LogP contribution in [0, 0.1) is 11.7 Å². The first-order valence-corrected chi connectivity index (χ1v) is 5.23. The van der Waals surface area contributed by atoms with Gasteiger partial charge in [0.2, 0.25) is 0 Å². The molecule has 0 atom stereocenters. The molecule has 16 heavy (non-hydrogen) atoms. The van der Waals surface area contributed by atoms with Crippen LogP contribution in [-0.4, -0.2) is 19.1 Å². The number of nitrogens with one attached hydrogen (secondary N) is 1. The van der Waals surface area contributed by atoms with Crippen LogP contribution in [0.4, 0.5) is 4.39 Å². The molecular weight excluding hydrogens is 209 g/mol. The predicted molar refractivity (Wildman–Crippen MR) is 59.7 cm³/mol. The van der Waals surface area contributed by atoms with E-state index in [1.54, 1.807) is 0 Å². The minimum absolute atomic E-state index is 0.0433. The van der Waals surface area contributed by atoms with Crippen molar-refractivity contribution in [2.45, 2.75) is 13.8 Å². The lowest BCUT2D eigenvalue weighted by Crippen LogP contribution is -2.31. The molecule has 0 spiro atoms. The van der Waals surface area contributed by atoms with E-state index in [1.807, 2.05) is 13.8 Å². The van der Waals surface area contributed by atoms with Gasteiger partial charge in [0.05, 0.1) is 0 Å². The average molecular weight is 225 g/mol. The van der Waals surface area contributed by atoms with Gasteiger partial charge in [-0.05, 0) is 30.2 Å². The number of carbonyl (C=O) groups excluding carboxylic acids is 1. The first-order valence-electron chi connectivity index (χ1n) is 5.23. The molecule has 0 aliphatic carbocycles. The molecule has 1 rings (SSSR count). The molecule has 0 radical (unpaired) electrons. The van der Waals surface area contributed by atoms with Crippen LogP contribution in [-0.2, 0) is 4.79 Å². The van der Waals surface area contributed by atoms with Crippen molar-refractivity contribution in [3.05, 3.63) is 30.1 Å². The molecule has 1 amide bonds. The normalized spacial score (nSPS) is 10.2. The zero-order valence-electron chi connectivity index (χ0n) is 9.50. The third-order valence-electron chi connectivity index (χ3n) is 1.89. The third-order valence-corrected chi connectivity index (χ3v) is 1.89. The Kier molecular flexibility index (Phi) is 4.76. The molecule has 1 aromatic carbocycles. The molecule has 0 aliphatic rings. The Balaban J connectivity index is 2.29. The van der Waals surface area contributed by atoms with Gasteiger partial charge in [-0.2, -0.15) is 0 Å². The van der Waals surface area contributed by atoms with Crippen LogP contribution >= 0.6 is 0 Å². The highest BCUT2D eigenvalue weighted by Crippen LogP contribution is 2.10. The van der Waals surface area contributed by atoms with Crippen LogP contribution in [0.1, 0.15) is 13.8 Å². The minimum atomic E-state index is -0.323. The molecule has 1 aromatic rings. The van der Waals surface area contributed by atoms with Gasteiger partial charge < -0.3 is 10.1 Å². The topological polar surface area (TPSA) is 38.3 Å². The Morgan fingerprint density at radius 1 is 1.38 bits per heavy atom. The van der Waals surface area contributed by atoms with Crippen molar-refractivity contribution in [1.82, 2.24) is 5.32 Å². The molecule has 88 valence electrons. The summed E-state index contributed by atoms with van der Waals surface area (Å²) in [6.45, 7) is 4.62. The Hall–Kier alpha value is -1.58. The Labute approximate surface area is 94.6 Å². The summed E-state index contributed by atoms with van der Waals surface area (Å²) in [5.74, 6) is 0.408. The Morgan fingerprint density at radius 3 is 2.56 bits per heavy atom. The summed E-state index contributed by atoms with van der Waals surface area (Å²) in [5, 5.41) is 2.73. The summed E-state index contributed by atoms with van der Waals surface area (Å²) in [6.07, 6.45) is 0. The molecule has 0 bridgehead atoms. The van der Waals surface area contributed by atoms with E-state index < -0.39 is 0 Å². The van der Waals surface area contributed by atoms with Gasteiger partial charge in [-0.1, -0.05) is 13.8 Å². The van der Waals surface area contributed by atoms with Gasteiger partial charge in [0, 0.05) is 6.54 Å². The highest BCUT2D eigenvalue weighted by Gasteiger charge is 2.03. The standard InChI is InChI=1S/C12H16FNO2/c1-9(2)7-14-12(15)8-16-11-5-3-10(13)4-6-11/h3-6,9H,7-8H2,1-2H3,(H,14,15).